The normalized spacial score (nSPS) is 13.2. The molecule has 0 rings (SSSR count). The Kier molecular flexibility index (Phi) is 30.4. The number of carbonyl (C=O) groups excluding carboxylic acids is 4. The quantitative estimate of drug-likeness (QED) is 0.0300. The summed E-state index contributed by atoms with van der Waals surface area (Å²) in [6.07, 6.45) is 22.4. The smallest absolute Gasteiger partial charge is 0.306 e. The van der Waals surface area contributed by atoms with Gasteiger partial charge in [-0.15, -0.1) is 0 Å². The van der Waals surface area contributed by atoms with Gasteiger partial charge >= 0.3 is 11.9 Å². The summed E-state index contributed by atoms with van der Waals surface area (Å²) >= 11 is 0. The van der Waals surface area contributed by atoms with Crippen molar-refractivity contribution in [3.8, 4) is 0 Å². The standard InChI is InChI=1S/C37H68N2O8/c1-5-7-8-9-10-11-12-13-14-15-16-17-18-19-20-25-35(42)45-29-33(47-31(3)40)30-46-36(43)27-26-34(41)39-28-22-21-24-32(23-6-2)37(44)38-4/h13-14,31-33,40H,5-12,15-30H2,1-4H3,(H,38,44)(H,39,41). The molecular formula is C37H68N2O8. The lowest BCUT2D eigenvalue weighted by Crippen LogP contribution is -2.32. The fourth-order valence-electron chi connectivity index (χ4n) is 5.27. The molecule has 3 atom stereocenters. The Bertz CT molecular complexity index is 833. The fraction of sp³-hybridized carbons (Fsp3) is 0.838. The van der Waals surface area contributed by atoms with Crippen molar-refractivity contribution in [1.82, 2.24) is 10.6 Å². The van der Waals surface area contributed by atoms with E-state index in [0.717, 1.165) is 64.2 Å². The second-order valence-corrected chi connectivity index (χ2v) is 12.5. The van der Waals surface area contributed by atoms with Crippen molar-refractivity contribution in [2.24, 2.45) is 5.92 Å². The van der Waals surface area contributed by atoms with Crippen LogP contribution < -0.4 is 10.6 Å². The van der Waals surface area contributed by atoms with E-state index in [1.54, 1.807) is 7.05 Å². The van der Waals surface area contributed by atoms with Gasteiger partial charge in [-0.25, -0.2) is 0 Å². The van der Waals surface area contributed by atoms with Crippen LogP contribution in [-0.4, -0.2) is 68.1 Å². The van der Waals surface area contributed by atoms with Crippen LogP contribution in [0.1, 0.15) is 156 Å². The van der Waals surface area contributed by atoms with Crippen molar-refractivity contribution in [3.63, 3.8) is 0 Å². The Morgan fingerprint density at radius 3 is 1.83 bits per heavy atom. The molecule has 0 aliphatic rings. The monoisotopic (exact) mass is 668 g/mol. The number of nitrogens with one attached hydrogen (secondary N) is 2. The van der Waals surface area contributed by atoms with Crippen molar-refractivity contribution >= 4 is 23.8 Å². The molecule has 0 spiro atoms. The predicted octanol–water partition coefficient (Wildman–Crippen LogP) is 7.06. The van der Waals surface area contributed by atoms with Gasteiger partial charge in [-0.1, -0.05) is 90.2 Å². The zero-order chi connectivity index (χ0) is 35.0. The Morgan fingerprint density at radius 2 is 1.26 bits per heavy atom. The average molecular weight is 669 g/mol. The molecule has 274 valence electrons. The predicted molar refractivity (Wildman–Crippen MR) is 186 cm³/mol. The molecule has 0 radical (unpaired) electrons. The van der Waals surface area contributed by atoms with Crippen LogP contribution in [0.3, 0.4) is 0 Å². The van der Waals surface area contributed by atoms with Crippen LogP contribution in [-0.2, 0) is 33.4 Å². The molecule has 3 N–H and O–H groups in total. The number of unbranched alkanes of at least 4 members (excludes halogenated alkanes) is 12. The van der Waals surface area contributed by atoms with Gasteiger partial charge in [0.05, 0.1) is 6.42 Å². The van der Waals surface area contributed by atoms with E-state index >= 15 is 0 Å². The number of carbonyl (C=O) groups is 4. The largest absolute Gasteiger partial charge is 0.463 e. The number of aliphatic hydroxyl groups is 1. The maximum atomic E-state index is 12.2. The first kappa shape index (κ1) is 44.5. The third-order valence-corrected chi connectivity index (χ3v) is 8.00. The van der Waals surface area contributed by atoms with Gasteiger partial charge in [-0.05, 0) is 58.3 Å². The number of aliphatic hydroxyl groups excluding tert-OH is 1. The maximum absolute atomic E-state index is 12.2. The third kappa shape index (κ3) is 29.4. The Morgan fingerprint density at radius 1 is 0.681 bits per heavy atom. The van der Waals surface area contributed by atoms with Gasteiger partial charge < -0.3 is 30.0 Å². The van der Waals surface area contributed by atoms with E-state index in [2.05, 4.69) is 36.6 Å². The minimum atomic E-state index is -1.12. The van der Waals surface area contributed by atoms with Crippen molar-refractivity contribution in [2.45, 2.75) is 168 Å². The van der Waals surface area contributed by atoms with E-state index in [-0.39, 0.29) is 49.8 Å². The summed E-state index contributed by atoms with van der Waals surface area (Å²) < 4.78 is 15.8. The molecule has 0 aliphatic heterocycles. The molecule has 10 nitrogen and oxygen atoms in total. The SMILES string of the molecule is CCCCCCCCC=CCCCCCCCC(=O)OCC(COC(=O)CCC(=O)NCCCCC(CCC)C(=O)NC)OC(C)O. The summed E-state index contributed by atoms with van der Waals surface area (Å²) in [5, 5.41) is 15.1. The van der Waals surface area contributed by atoms with Crippen LogP contribution >= 0.6 is 0 Å². The van der Waals surface area contributed by atoms with Gasteiger partial charge in [0.25, 0.3) is 0 Å². The van der Waals surface area contributed by atoms with Gasteiger partial charge in [0.15, 0.2) is 6.29 Å². The van der Waals surface area contributed by atoms with Gasteiger partial charge in [-0.2, -0.15) is 0 Å². The van der Waals surface area contributed by atoms with Gasteiger partial charge in [0, 0.05) is 32.4 Å². The molecule has 0 fully saturated rings. The molecule has 0 bridgehead atoms. The summed E-state index contributed by atoms with van der Waals surface area (Å²) in [5.41, 5.74) is 0. The topological polar surface area (TPSA) is 140 Å². The summed E-state index contributed by atoms with van der Waals surface area (Å²) in [6.45, 7) is 5.87. The molecule has 0 aliphatic carbocycles. The molecule has 2 amide bonds. The van der Waals surface area contributed by atoms with E-state index < -0.39 is 18.4 Å². The molecule has 47 heavy (non-hydrogen) atoms. The Hall–Kier alpha value is -2.46. The average Bonchev–Trinajstić information content (AvgIpc) is 3.05. The zero-order valence-electron chi connectivity index (χ0n) is 30.2. The second-order valence-electron chi connectivity index (χ2n) is 12.5. The first-order valence-corrected chi connectivity index (χ1v) is 18.5. The number of hydrogen-bond acceptors (Lipinski definition) is 8. The van der Waals surface area contributed by atoms with E-state index in [1.165, 1.54) is 58.3 Å². The lowest BCUT2D eigenvalue weighted by Gasteiger charge is -2.19. The highest BCUT2D eigenvalue weighted by Gasteiger charge is 2.19. The van der Waals surface area contributed by atoms with Crippen molar-refractivity contribution in [1.29, 1.82) is 0 Å². The summed E-state index contributed by atoms with van der Waals surface area (Å²) in [6, 6.07) is 0. The first-order valence-electron chi connectivity index (χ1n) is 18.5. The van der Waals surface area contributed by atoms with Crippen LogP contribution in [0, 0.1) is 5.92 Å². The van der Waals surface area contributed by atoms with E-state index in [4.69, 9.17) is 14.2 Å². The van der Waals surface area contributed by atoms with E-state index in [0.29, 0.717) is 13.0 Å². The Balaban J connectivity index is 3.99. The maximum Gasteiger partial charge on any atom is 0.306 e. The molecule has 0 aromatic rings. The molecule has 0 aromatic heterocycles. The van der Waals surface area contributed by atoms with Crippen molar-refractivity contribution in [3.05, 3.63) is 12.2 Å². The molecule has 0 heterocycles. The molecule has 0 aromatic carbocycles. The number of rotatable bonds is 32. The van der Waals surface area contributed by atoms with Crippen LogP contribution in [0.4, 0.5) is 0 Å². The fourth-order valence-corrected chi connectivity index (χ4v) is 5.27. The minimum absolute atomic E-state index is 0.00222. The third-order valence-electron chi connectivity index (χ3n) is 8.00. The highest BCUT2D eigenvalue weighted by Crippen LogP contribution is 2.15. The number of amides is 2. The van der Waals surface area contributed by atoms with Crippen molar-refractivity contribution < 1.29 is 38.5 Å². The van der Waals surface area contributed by atoms with Gasteiger partial charge in [-0.3, -0.25) is 19.2 Å². The number of esters is 2. The van der Waals surface area contributed by atoms with Crippen LogP contribution in [0.5, 0.6) is 0 Å². The second kappa shape index (κ2) is 32.1. The molecule has 0 saturated heterocycles. The lowest BCUT2D eigenvalue weighted by atomic mass is 9.96. The van der Waals surface area contributed by atoms with E-state index in [9.17, 15) is 24.3 Å². The molecule has 3 unspecified atom stereocenters. The summed E-state index contributed by atoms with van der Waals surface area (Å²) in [7, 11) is 1.65. The Labute approximate surface area is 285 Å². The number of allylic oxidation sites excluding steroid dienone is 2. The molecule has 0 saturated carbocycles. The molecule has 10 heteroatoms. The highest BCUT2D eigenvalue weighted by atomic mass is 16.6. The van der Waals surface area contributed by atoms with Gasteiger partial charge in [0.1, 0.15) is 19.3 Å². The number of hydrogen-bond donors (Lipinski definition) is 3. The van der Waals surface area contributed by atoms with Crippen molar-refractivity contribution in [2.75, 3.05) is 26.8 Å². The highest BCUT2D eigenvalue weighted by molar-refractivity contribution is 5.81. The van der Waals surface area contributed by atoms with E-state index in [1.807, 2.05) is 0 Å². The van der Waals surface area contributed by atoms with Crippen LogP contribution in [0.15, 0.2) is 12.2 Å². The first-order chi connectivity index (χ1) is 22.7. The minimum Gasteiger partial charge on any atom is -0.463 e. The van der Waals surface area contributed by atoms with Crippen LogP contribution in [0.2, 0.25) is 0 Å². The summed E-state index contributed by atoms with van der Waals surface area (Å²) in [5.74, 6) is -1.12. The zero-order valence-corrected chi connectivity index (χ0v) is 30.2. The lowest BCUT2D eigenvalue weighted by molar-refractivity contribution is -0.176. The van der Waals surface area contributed by atoms with Gasteiger partial charge in [0.2, 0.25) is 11.8 Å². The molecular weight excluding hydrogens is 600 g/mol. The number of ether oxygens (including phenoxy) is 3. The van der Waals surface area contributed by atoms with Crippen LogP contribution in [0.25, 0.3) is 0 Å². The summed E-state index contributed by atoms with van der Waals surface area (Å²) in [4.78, 5) is 48.4.